The number of hydrogen-bond donors (Lipinski definition) is 7. The first-order chi connectivity index (χ1) is 31.4. The first-order valence-corrected chi connectivity index (χ1v) is 22.8. The van der Waals surface area contributed by atoms with E-state index >= 15 is 0 Å². The number of carbonyl (C=O) groups is 2. The number of rotatable bonds is 15. The molecule has 16 nitrogen and oxygen atoms in total. The van der Waals surface area contributed by atoms with E-state index in [1.807, 2.05) is 86.6 Å². The van der Waals surface area contributed by atoms with Crippen molar-refractivity contribution in [3.05, 3.63) is 112 Å². The quantitative estimate of drug-likeness (QED) is 0.0522. The Morgan fingerprint density at radius 2 is 1.21 bits per heavy atom. The van der Waals surface area contributed by atoms with E-state index in [1.54, 1.807) is 56.2 Å². The van der Waals surface area contributed by atoms with Crippen LogP contribution in [0.15, 0.2) is 89.8 Å². The Bertz CT molecular complexity index is 2930. The Kier molecular flexibility index (Phi) is 13.1. The van der Waals surface area contributed by atoms with Crippen molar-refractivity contribution in [3.63, 3.8) is 0 Å². The molecule has 0 radical (unpaired) electrons. The highest BCUT2D eigenvalue weighted by molar-refractivity contribution is 9.10. The summed E-state index contributed by atoms with van der Waals surface area (Å²) < 4.78 is 9.53. The lowest BCUT2D eigenvalue weighted by Gasteiger charge is -2.19. The maximum absolute atomic E-state index is 12.6. The van der Waals surface area contributed by atoms with Crippen LogP contribution in [0, 0.1) is 13.8 Å². The van der Waals surface area contributed by atoms with Crippen LogP contribution in [0.4, 0.5) is 22.9 Å². The summed E-state index contributed by atoms with van der Waals surface area (Å²) in [5.74, 6) is 1.27. The number of anilines is 4. The number of nitrogens with zero attached hydrogens (tertiary/aromatic N) is 6. The summed E-state index contributed by atoms with van der Waals surface area (Å²) >= 11 is 3.45. The van der Waals surface area contributed by atoms with Gasteiger partial charge < -0.3 is 41.5 Å². The summed E-state index contributed by atoms with van der Waals surface area (Å²) in [6.45, 7) is 11.6. The monoisotopic (exact) mass is 957 g/mol. The molecule has 4 heterocycles. The van der Waals surface area contributed by atoms with E-state index in [-0.39, 0.29) is 11.8 Å². The second-order valence-corrected chi connectivity index (χ2v) is 19.1. The SMILES string of the molecule is COc1cccc(Nc2cc(NCC(C)(C)O)c3ncc(-c4ccc(C(=O)NC5CC5)c(C)c4)n3n2)c1.Cc1cc(-c2cnc3c(NCC(C)(C)O)cc(Br)nn23)ccc1C(=O)NC1CC1. The van der Waals surface area contributed by atoms with Crippen LogP contribution in [-0.4, -0.2) is 94.7 Å². The minimum Gasteiger partial charge on any atom is -0.497 e. The number of ether oxygens (including phenoxy) is 1. The largest absolute Gasteiger partial charge is 0.497 e. The van der Waals surface area contributed by atoms with Crippen molar-refractivity contribution < 1.29 is 24.5 Å². The Morgan fingerprint density at radius 3 is 1.68 bits per heavy atom. The summed E-state index contributed by atoms with van der Waals surface area (Å²) in [7, 11) is 1.63. The van der Waals surface area contributed by atoms with E-state index < -0.39 is 11.2 Å². The van der Waals surface area contributed by atoms with E-state index in [2.05, 4.69) is 57.6 Å². The highest BCUT2D eigenvalue weighted by Gasteiger charge is 2.26. The van der Waals surface area contributed by atoms with Gasteiger partial charge in [0.25, 0.3) is 11.8 Å². The molecule has 3 aromatic carbocycles. The van der Waals surface area contributed by atoms with Gasteiger partial charge in [-0.05, 0) is 137 Å². The molecule has 9 rings (SSSR count). The molecule has 7 N–H and O–H groups in total. The number of hydrogen-bond acceptors (Lipinski definition) is 12. The molecule has 2 saturated carbocycles. The Morgan fingerprint density at radius 1 is 0.712 bits per heavy atom. The summed E-state index contributed by atoms with van der Waals surface area (Å²) in [6.07, 6.45) is 7.76. The van der Waals surface area contributed by atoms with Gasteiger partial charge >= 0.3 is 0 Å². The third-order valence-electron chi connectivity index (χ3n) is 11.0. The minimum atomic E-state index is -0.913. The number of benzene rings is 3. The lowest BCUT2D eigenvalue weighted by Crippen LogP contribution is -2.29. The number of nitrogens with one attached hydrogen (secondary N) is 5. The van der Waals surface area contributed by atoms with Crippen LogP contribution < -0.4 is 31.3 Å². The average molecular weight is 959 g/mol. The van der Waals surface area contributed by atoms with Gasteiger partial charge in [-0.3, -0.25) is 9.59 Å². The molecule has 66 heavy (non-hydrogen) atoms. The van der Waals surface area contributed by atoms with Crippen LogP contribution in [0.2, 0.25) is 0 Å². The molecule has 344 valence electrons. The van der Waals surface area contributed by atoms with Crippen LogP contribution in [0.3, 0.4) is 0 Å². The summed E-state index contributed by atoms with van der Waals surface area (Å²) in [5.41, 5.74) is 8.45. The van der Waals surface area contributed by atoms with Crippen LogP contribution >= 0.6 is 15.9 Å². The molecule has 0 aliphatic heterocycles. The zero-order chi connectivity index (χ0) is 46.9. The second-order valence-electron chi connectivity index (χ2n) is 18.3. The lowest BCUT2D eigenvalue weighted by molar-refractivity contribution is 0.0939. The van der Waals surface area contributed by atoms with Crippen molar-refractivity contribution in [1.29, 1.82) is 0 Å². The van der Waals surface area contributed by atoms with Crippen molar-refractivity contribution in [3.8, 4) is 28.3 Å². The fraction of sp³-hybridized carbons (Fsp3) is 0.347. The van der Waals surface area contributed by atoms with E-state index in [0.717, 1.165) is 82.1 Å². The third kappa shape index (κ3) is 11.3. The lowest BCUT2D eigenvalue weighted by atomic mass is 10.0. The number of aromatic nitrogens is 6. The maximum atomic E-state index is 12.6. The zero-order valence-corrected chi connectivity index (χ0v) is 39.7. The molecule has 0 unspecified atom stereocenters. The number of aryl methyl sites for hydroxylation is 2. The van der Waals surface area contributed by atoms with Crippen molar-refractivity contribution in [2.45, 2.75) is 90.5 Å². The molecular formula is C49H56BrN11O5. The van der Waals surface area contributed by atoms with Gasteiger partial charge in [0.2, 0.25) is 0 Å². The number of methoxy groups -OCH3 is 1. The van der Waals surface area contributed by atoms with E-state index in [0.29, 0.717) is 58.0 Å². The third-order valence-corrected chi connectivity index (χ3v) is 11.4. The van der Waals surface area contributed by atoms with Crippen LogP contribution in [-0.2, 0) is 0 Å². The van der Waals surface area contributed by atoms with Crippen molar-refractivity contribution in [2.75, 3.05) is 36.1 Å². The zero-order valence-electron chi connectivity index (χ0n) is 38.2. The Balaban J connectivity index is 0.000000185. The molecule has 7 aromatic rings. The van der Waals surface area contributed by atoms with Crippen LogP contribution in [0.1, 0.15) is 85.2 Å². The summed E-state index contributed by atoms with van der Waals surface area (Å²) in [6, 6.07) is 23.5. The maximum Gasteiger partial charge on any atom is 0.251 e. The molecule has 2 aliphatic rings. The van der Waals surface area contributed by atoms with Crippen molar-refractivity contribution in [1.82, 2.24) is 39.8 Å². The van der Waals surface area contributed by atoms with Crippen molar-refractivity contribution in [2.24, 2.45) is 0 Å². The summed E-state index contributed by atoms with van der Waals surface area (Å²) in [5, 5.41) is 45.6. The highest BCUT2D eigenvalue weighted by Crippen LogP contribution is 2.31. The molecule has 2 amide bonds. The van der Waals surface area contributed by atoms with Gasteiger partial charge in [0, 0.05) is 65.2 Å². The second kappa shape index (κ2) is 18.7. The van der Waals surface area contributed by atoms with Crippen LogP contribution in [0.25, 0.3) is 33.8 Å². The number of aliphatic hydroxyl groups is 2. The Labute approximate surface area is 391 Å². The number of carbonyl (C=O) groups excluding carboxylic acids is 2. The fourth-order valence-electron chi connectivity index (χ4n) is 7.23. The smallest absolute Gasteiger partial charge is 0.251 e. The number of amides is 2. The molecule has 0 atom stereocenters. The molecule has 0 spiro atoms. The van der Waals surface area contributed by atoms with Gasteiger partial charge in [-0.15, -0.1) is 5.10 Å². The first-order valence-electron chi connectivity index (χ1n) is 22.0. The van der Waals surface area contributed by atoms with Gasteiger partial charge in [0.05, 0.1) is 53.5 Å². The number of halogens is 1. The molecular weight excluding hydrogens is 903 g/mol. The summed E-state index contributed by atoms with van der Waals surface area (Å²) in [4.78, 5) is 34.2. The molecule has 2 aliphatic carbocycles. The van der Waals surface area contributed by atoms with E-state index in [1.165, 1.54) is 0 Å². The van der Waals surface area contributed by atoms with E-state index in [4.69, 9.17) is 9.84 Å². The van der Waals surface area contributed by atoms with Gasteiger partial charge in [0.1, 0.15) is 10.4 Å². The molecule has 0 bridgehead atoms. The molecule has 2 fully saturated rings. The predicted molar refractivity (Wildman–Crippen MR) is 261 cm³/mol. The van der Waals surface area contributed by atoms with Gasteiger partial charge in [-0.2, -0.15) is 5.10 Å². The standard InChI is InChI=1S/C28H32N6O3.C21H24BrN5O2/c1-17-12-18(8-11-22(17)27(35)32-19-9-10-19)24-15-29-26-23(30-16-28(2,3)36)14-25(33-34(24)26)31-20-6-5-7-21(13-20)37-4;1-12-8-13(4-7-15(12)20(28)25-14-5-6-14)17-10-23-19-16(24-11-21(2,3)29)9-18(22)26-27(17)19/h5-8,11-15,19,30,36H,9-10,16H2,1-4H3,(H,31,33)(H,32,35);4,7-10,14,24,29H,5-6,11H2,1-3H3,(H,25,28). The van der Waals surface area contributed by atoms with Gasteiger partial charge in [0.15, 0.2) is 17.1 Å². The predicted octanol–water partition coefficient (Wildman–Crippen LogP) is 8.07. The number of imidazole rings is 2. The van der Waals surface area contributed by atoms with Crippen LogP contribution in [0.5, 0.6) is 5.75 Å². The first kappa shape index (κ1) is 46.0. The Hall–Kier alpha value is -6.56. The average Bonchev–Trinajstić information content (AvgIpc) is 4.18. The molecule has 17 heteroatoms. The van der Waals surface area contributed by atoms with Crippen molar-refractivity contribution >= 4 is 61.9 Å². The molecule has 4 aromatic heterocycles. The van der Waals surface area contributed by atoms with Gasteiger partial charge in [-0.25, -0.2) is 19.0 Å². The normalized spacial score (nSPS) is 13.8. The highest BCUT2D eigenvalue weighted by atomic mass is 79.9. The van der Waals surface area contributed by atoms with E-state index in [9.17, 15) is 19.8 Å². The molecule has 0 saturated heterocycles. The number of fused-ring (bicyclic) bond motifs is 2. The fourth-order valence-corrected chi connectivity index (χ4v) is 7.62. The topological polar surface area (TPSA) is 204 Å². The van der Waals surface area contributed by atoms with Gasteiger partial charge in [-0.1, -0.05) is 18.2 Å². The minimum absolute atomic E-state index is 0.0198.